The number of aromatic nitrogens is 3. The maximum atomic E-state index is 14.0. The van der Waals surface area contributed by atoms with Gasteiger partial charge in [-0.1, -0.05) is 33.8 Å². The molecule has 0 aliphatic heterocycles. The first-order valence-corrected chi connectivity index (χ1v) is 6.61. The van der Waals surface area contributed by atoms with Crippen molar-refractivity contribution in [1.82, 2.24) is 14.8 Å². The molecule has 2 rings (SSSR count). The topological polar surface area (TPSA) is 79.5 Å². The highest BCUT2D eigenvalue weighted by Gasteiger charge is 2.32. The van der Waals surface area contributed by atoms with Crippen molar-refractivity contribution in [3.05, 3.63) is 58.5 Å². The van der Waals surface area contributed by atoms with Crippen molar-refractivity contribution < 1.29 is 8.78 Å². The molecule has 0 fully saturated rings. The summed E-state index contributed by atoms with van der Waals surface area (Å²) < 4.78 is 27.6. The fraction of sp³-hybridized carbons (Fsp3) is 0.273. The maximum Gasteiger partial charge on any atom is 0.137 e. The maximum absolute atomic E-state index is 14.0. The van der Waals surface area contributed by atoms with Crippen LogP contribution in [0, 0.1) is 11.6 Å². The van der Waals surface area contributed by atoms with Gasteiger partial charge in [0.2, 0.25) is 0 Å². The lowest BCUT2D eigenvalue weighted by atomic mass is 9.98. The number of azide groups is 1. The number of hydrogen-bond donors (Lipinski definition) is 0. The van der Waals surface area contributed by atoms with Crippen molar-refractivity contribution in [3.63, 3.8) is 0 Å². The van der Waals surface area contributed by atoms with E-state index in [4.69, 9.17) is 5.53 Å². The van der Waals surface area contributed by atoms with Gasteiger partial charge in [0.1, 0.15) is 24.3 Å². The lowest BCUT2D eigenvalue weighted by Gasteiger charge is -2.26. The molecule has 0 radical (unpaired) electrons. The van der Waals surface area contributed by atoms with Crippen LogP contribution < -0.4 is 0 Å². The van der Waals surface area contributed by atoms with E-state index in [2.05, 4.69) is 20.1 Å². The first-order chi connectivity index (χ1) is 9.55. The molecule has 0 amide bonds. The van der Waals surface area contributed by atoms with Gasteiger partial charge < -0.3 is 0 Å². The van der Waals surface area contributed by atoms with Crippen LogP contribution in [-0.4, -0.2) is 21.3 Å². The minimum absolute atomic E-state index is 0.00642. The summed E-state index contributed by atoms with van der Waals surface area (Å²) in [6.45, 7) is 0.252. The van der Waals surface area contributed by atoms with E-state index in [-0.39, 0.29) is 18.7 Å². The zero-order chi connectivity index (χ0) is 14.6. The van der Waals surface area contributed by atoms with Crippen LogP contribution in [0.1, 0.15) is 5.56 Å². The molecule has 0 bridgehead atoms. The Morgan fingerprint density at radius 3 is 2.85 bits per heavy atom. The highest BCUT2D eigenvalue weighted by molar-refractivity contribution is 14.1. The Bertz CT molecular complexity index is 640. The molecule has 0 spiro atoms. The van der Waals surface area contributed by atoms with Gasteiger partial charge in [-0.05, 0) is 11.6 Å². The van der Waals surface area contributed by atoms with Crippen molar-refractivity contribution in [2.24, 2.45) is 5.11 Å². The monoisotopic (exact) mass is 390 g/mol. The van der Waals surface area contributed by atoms with E-state index in [0.29, 0.717) is 0 Å². The predicted molar refractivity (Wildman–Crippen MR) is 76.1 cm³/mol. The summed E-state index contributed by atoms with van der Waals surface area (Å²) in [5.74, 6) is -1.35. The van der Waals surface area contributed by atoms with Crippen LogP contribution in [-0.2, 0) is 9.97 Å². The Hall–Kier alpha value is -1.74. The summed E-state index contributed by atoms with van der Waals surface area (Å²) in [6, 6.07) is 3.32. The van der Waals surface area contributed by atoms with Gasteiger partial charge in [0.25, 0.3) is 0 Å². The zero-order valence-corrected chi connectivity index (χ0v) is 12.3. The third-order valence-electron chi connectivity index (χ3n) is 2.68. The number of hydrogen-bond acceptors (Lipinski definition) is 3. The van der Waals surface area contributed by atoms with Crippen molar-refractivity contribution in [1.29, 1.82) is 0 Å². The van der Waals surface area contributed by atoms with Crippen LogP contribution in [0.3, 0.4) is 0 Å². The molecular weight excluding hydrogens is 381 g/mol. The number of halogens is 3. The van der Waals surface area contributed by atoms with E-state index >= 15 is 0 Å². The first-order valence-electron chi connectivity index (χ1n) is 5.53. The van der Waals surface area contributed by atoms with E-state index in [1.165, 1.54) is 29.5 Å². The van der Waals surface area contributed by atoms with Gasteiger partial charge in [-0.3, -0.25) is 4.68 Å². The van der Waals surface area contributed by atoms with Gasteiger partial charge in [0.05, 0.1) is 9.97 Å². The number of nitrogens with zero attached hydrogens (tertiary/aromatic N) is 6. The van der Waals surface area contributed by atoms with Gasteiger partial charge >= 0.3 is 0 Å². The largest absolute Gasteiger partial charge is 0.251 e. The SMILES string of the molecule is [N-]=[N+]=NCC(I)(Cn1cncn1)c1ccc(F)cc1F. The zero-order valence-electron chi connectivity index (χ0n) is 10.1. The van der Waals surface area contributed by atoms with Gasteiger partial charge in [-0.2, -0.15) is 5.10 Å². The second-order valence-electron chi connectivity index (χ2n) is 4.07. The van der Waals surface area contributed by atoms with E-state index in [1.807, 2.05) is 22.6 Å². The van der Waals surface area contributed by atoms with E-state index in [9.17, 15) is 8.78 Å². The smallest absolute Gasteiger partial charge is 0.137 e. The molecule has 6 nitrogen and oxygen atoms in total. The van der Waals surface area contributed by atoms with Crippen LogP contribution in [0.2, 0.25) is 0 Å². The lowest BCUT2D eigenvalue weighted by molar-refractivity contribution is 0.474. The van der Waals surface area contributed by atoms with Gasteiger partial charge in [0, 0.05) is 23.1 Å². The summed E-state index contributed by atoms with van der Waals surface area (Å²) in [7, 11) is 0. The minimum Gasteiger partial charge on any atom is -0.251 e. The molecule has 1 heterocycles. The Labute approximate surface area is 126 Å². The van der Waals surface area contributed by atoms with Gasteiger partial charge in [0.15, 0.2) is 0 Å². The van der Waals surface area contributed by atoms with Gasteiger partial charge in [-0.15, -0.1) is 0 Å². The summed E-state index contributed by atoms with van der Waals surface area (Å²) in [5, 5.41) is 7.47. The second-order valence-corrected chi connectivity index (χ2v) is 6.14. The fourth-order valence-electron chi connectivity index (χ4n) is 1.79. The fourth-order valence-corrected chi connectivity index (χ4v) is 2.73. The van der Waals surface area contributed by atoms with Crippen LogP contribution in [0.15, 0.2) is 36.0 Å². The van der Waals surface area contributed by atoms with E-state index in [0.717, 1.165) is 6.07 Å². The molecule has 104 valence electrons. The molecular formula is C11H9F2IN6. The lowest BCUT2D eigenvalue weighted by Crippen LogP contribution is -2.29. The highest BCUT2D eigenvalue weighted by atomic mass is 127. The van der Waals surface area contributed by atoms with Gasteiger partial charge in [-0.25, -0.2) is 13.8 Å². The Morgan fingerprint density at radius 2 is 2.25 bits per heavy atom. The van der Waals surface area contributed by atoms with E-state index in [1.54, 1.807) is 0 Å². The van der Waals surface area contributed by atoms with Crippen LogP contribution in [0.5, 0.6) is 0 Å². The van der Waals surface area contributed by atoms with Crippen molar-refractivity contribution in [2.45, 2.75) is 9.97 Å². The Balaban J connectivity index is 2.42. The van der Waals surface area contributed by atoms with Crippen LogP contribution in [0.4, 0.5) is 8.78 Å². The molecule has 1 aromatic carbocycles. The molecule has 0 aliphatic rings. The van der Waals surface area contributed by atoms with Crippen molar-refractivity contribution in [2.75, 3.05) is 6.54 Å². The Kier molecular flexibility index (Phi) is 4.50. The normalized spacial score (nSPS) is 13.6. The minimum atomic E-state index is -0.879. The molecule has 0 N–H and O–H groups in total. The summed E-state index contributed by atoms with van der Waals surface area (Å²) in [5.41, 5.74) is 8.73. The quantitative estimate of drug-likeness (QED) is 0.258. The molecule has 1 aromatic heterocycles. The number of benzene rings is 1. The molecule has 9 heteroatoms. The van der Waals surface area contributed by atoms with E-state index < -0.39 is 15.1 Å². The third-order valence-corrected chi connectivity index (χ3v) is 3.94. The third kappa shape index (κ3) is 3.23. The summed E-state index contributed by atoms with van der Waals surface area (Å²) >= 11 is 1.99. The first kappa shape index (κ1) is 14.7. The standard InChI is InChI=1S/C11H9F2IN6/c12-8-1-2-9(10(13)3-8)11(14,4-17-19-15)5-20-7-16-6-18-20/h1-3,6-7H,4-5H2. The molecule has 0 saturated heterocycles. The highest BCUT2D eigenvalue weighted by Crippen LogP contribution is 2.36. The number of alkyl halides is 1. The molecule has 0 saturated carbocycles. The van der Waals surface area contributed by atoms with Crippen LogP contribution >= 0.6 is 22.6 Å². The molecule has 20 heavy (non-hydrogen) atoms. The molecule has 2 aromatic rings. The molecule has 1 atom stereocenters. The molecule has 1 unspecified atom stereocenters. The van der Waals surface area contributed by atoms with Crippen molar-refractivity contribution in [3.8, 4) is 0 Å². The second kappa shape index (κ2) is 6.14. The van der Waals surface area contributed by atoms with Crippen molar-refractivity contribution >= 4 is 22.6 Å². The average Bonchev–Trinajstić information content (AvgIpc) is 2.88. The van der Waals surface area contributed by atoms with Crippen LogP contribution in [0.25, 0.3) is 10.4 Å². The summed E-state index contributed by atoms with van der Waals surface area (Å²) in [4.78, 5) is 6.51. The average molecular weight is 390 g/mol. The molecule has 0 aliphatic carbocycles. The Morgan fingerprint density at radius 1 is 1.45 bits per heavy atom. The number of rotatable bonds is 5. The summed E-state index contributed by atoms with van der Waals surface area (Å²) in [6.07, 6.45) is 2.83. The predicted octanol–water partition coefficient (Wildman–Crippen LogP) is 3.20.